The van der Waals surface area contributed by atoms with E-state index in [0.29, 0.717) is 34.0 Å². The van der Waals surface area contributed by atoms with Gasteiger partial charge in [0.25, 0.3) is 11.7 Å². The molecule has 36 heavy (non-hydrogen) atoms. The van der Waals surface area contributed by atoms with Crippen LogP contribution >= 0.6 is 11.3 Å². The topological polar surface area (TPSA) is 85.1 Å². The van der Waals surface area contributed by atoms with Crippen molar-refractivity contribution in [2.45, 2.75) is 25.4 Å². The zero-order valence-electron chi connectivity index (χ0n) is 19.0. The summed E-state index contributed by atoms with van der Waals surface area (Å²) < 4.78 is 56.7. The number of halogens is 4. The molecule has 0 spiro atoms. The molecule has 0 saturated heterocycles. The van der Waals surface area contributed by atoms with Gasteiger partial charge in [-0.25, -0.2) is 14.4 Å². The Labute approximate surface area is 207 Å². The lowest BCUT2D eigenvalue weighted by Gasteiger charge is -2.22. The van der Waals surface area contributed by atoms with Crippen molar-refractivity contribution in [2.75, 3.05) is 6.54 Å². The van der Waals surface area contributed by atoms with Crippen LogP contribution in [0.2, 0.25) is 0 Å². The summed E-state index contributed by atoms with van der Waals surface area (Å²) in [6, 6.07) is 11.9. The van der Waals surface area contributed by atoms with Gasteiger partial charge in [-0.3, -0.25) is 9.59 Å². The second-order valence-electron chi connectivity index (χ2n) is 8.55. The molecule has 6 nitrogen and oxygen atoms in total. The molecule has 0 fully saturated rings. The van der Waals surface area contributed by atoms with Crippen LogP contribution in [0.4, 0.5) is 17.6 Å². The van der Waals surface area contributed by atoms with E-state index in [0.717, 1.165) is 6.20 Å². The van der Waals surface area contributed by atoms with Crippen LogP contribution in [0.25, 0.3) is 22.0 Å². The quantitative estimate of drug-likeness (QED) is 0.238. The Hall–Kier alpha value is -3.86. The number of carbonyl (C=O) groups is 2. The molecule has 0 aliphatic rings. The van der Waals surface area contributed by atoms with Crippen molar-refractivity contribution in [3.63, 3.8) is 0 Å². The van der Waals surface area contributed by atoms with E-state index in [1.165, 1.54) is 24.5 Å². The molecule has 0 aliphatic heterocycles. The SMILES string of the molecule is CC(C)(CNC(=O)c1cccc(-c2ncc(C(=O)C(F)(F)F)s2)c1)c1coc(-c2ccc(F)cc2)n1. The molecule has 0 radical (unpaired) electrons. The summed E-state index contributed by atoms with van der Waals surface area (Å²) in [7, 11) is 0. The van der Waals surface area contributed by atoms with E-state index < -0.39 is 28.2 Å². The van der Waals surface area contributed by atoms with Gasteiger partial charge in [0.15, 0.2) is 0 Å². The van der Waals surface area contributed by atoms with Crippen molar-refractivity contribution in [3.05, 3.63) is 82.9 Å². The van der Waals surface area contributed by atoms with Crippen LogP contribution in [0.15, 0.2) is 65.4 Å². The lowest BCUT2D eigenvalue weighted by atomic mass is 9.90. The van der Waals surface area contributed by atoms with Crippen LogP contribution in [0, 0.1) is 5.82 Å². The fourth-order valence-corrected chi connectivity index (χ4v) is 4.12. The highest BCUT2D eigenvalue weighted by Gasteiger charge is 2.40. The molecule has 2 aromatic heterocycles. The minimum absolute atomic E-state index is 0.188. The van der Waals surface area contributed by atoms with Crippen LogP contribution in [0.5, 0.6) is 0 Å². The summed E-state index contributed by atoms with van der Waals surface area (Å²) in [5.74, 6) is -2.42. The summed E-state index contributed by atoms with van der Waals surface area (Å²) in [4.78, 5) is 32.1. The first-order chi connectivity index (χ1) is 16.9. The molecule has 186 valence electrons. The van der Waals surface area contributed by atoms with E-state index in [4.69, 9.17) is 4.42 Å². The Morgan fingerprint density at radius 2 is 1.78 bits per heavy atom. The van der Waals surface area contributed by atoms with E-state index in [-0.39, 0.29) is 22.9 Å². The summed E-state index contributed by atoms with van der Waals surface area (Å²) in [5, 5.41) is 3.01. The lowest BCUT2D eigenvalue weighted by molar-refractivity contribution is -0.0882. The van der Waals surface area contributed by atoms with Crippen LogP contribution < -0.4 is 5.32 Å². The number of oxazole rings is 1. The first-order valence-corrected chi connectivity index (χ1v) is 11.4. The maximum atomic E-state index is 13.2. The zero-order valence-corrected chi connectivity index (χ0v) is 19.8. The number of alkyl halides is 3. The van der Waals surface area contributed by atoms with Gasteiger partial charge >= 0.3 is 6.18 Å². The van der Waals surface area contributed by atoms with Crippen molar-refractivity contribution < 1.29 is 31.6 Å². The van der Waals surface area contributed by atoms with Crippen LogP contribution in [-0.2, 0) is 5.41 Å². The van der Waals surface area contributed by atoms with Gasteiger partial charge in [-0.15, -0.1) is 11.3 Å². The van der Waals surface area contributed by atoms with E-state index in [1.807, 2.05) is 13.8 Å². The smallest absolute Gasteiger partial charge is 0.444 e. The molecule has 2 aromatic carbocycles. The molecule has 11 heteroatoms. The number of aromatic nitrogens is 2. The van der Waals surface area contributed by atoms with Crippen molar-refractivity contribution in [1.29, 1.82) is 0 Å². The highest BCUT2D eigenvalue weighted by atomic mass is 32.1. The number of carbonyl (C=O) groups excluding carboxylic acids is 2. The molecule has 0 saturated carbocycles. The zero-order chi connectivity index (χ0) is 26.1. The van der Waals surface area contributed by atoms with E-state index in [9.17, 15) is 27.2 Å². The highest BCUT2D eigenvalue weighted by molar-refractivity contribution is 7.17. The molecule has 0 bridgehead atoms. The second-order valence-corrected chi connectivity index (χ2v) is 9.58. The van der Waals surface area contributed by atoms with Gasteiger partial charge in [0, 0.05) is 34.8 Å². The Morgan fingerprint density at radius 3 is 2.47 bits per heavy atom. The van der Waals surface area contributed by atoms with Crippen LogP contribution in [0.3, 0.4) is 0 Å². The van der Waals surface area contributed by atoms with Gasteiger partial charge in [-0.1, -0.05) is 26.0 Å². The molecule has 0 unspecified atom stereocenters. The highest BCUT2D eigenvalue weighted by Crippen LogP contribution is 2.31. The van der Waals surface area contributed by atoms with E-state index in [2.05, 4.69) is 15.3 Å². The number of nitrogens with zero attached hydrogens (tertiary/aromatic N) is 2. The Kier molecular flexibility index (Phi) is 6.77. The third-order valence-corrected chi connectivity index (χ3v) is 6.38. The predicted molar refractivity (Wildman–Crippen MR) is 125 cm³/mol. The Morgan fingerprint density at radius 1 is 1.06 bits per heavy atom. The van der Waals surface area contributed by atoms with Crippen molar-refractivity contribution in [2.24, 2.45) is 0 Å². The monoisotopic (exact) mass is 517 g/mol. The van der Waals surface area contributed by atoms with E-state index in [1.54, 1.807) is 30.3 Å². The first kappa shape index (κ1) is 25.2. The molecule has 1 N–H and O–H groups in total. The first-order valence-electron chi connectivity index (χ1n) is 10.6. The standard InChI is InChI=1S/C25H19F4N3O3S/c1-24(2,19-12-35-22(32-19)14-6-8-17(26)9-7-14)13-31-21(34)15-4-3-5-16(10-15)23-30-11-18(36-23)20(33)25(27,28)29/h3-12H,13H2,1-2H3,(H,31,34). The van der Waals surface area contributed by atoms with Gasteiger partial charge in [-0.2, -0.15) is 13.2 Å². The molecule has 4 aromatic rings. The van der Waals surface area contributed by atoms with Gasteiger partial charge < -0.3 is 9.73 Å². The number of thiazole rings is 1. The molecule has 1 amide bonds. The third kappa shape index (κ3) is 5.51. The largest absolute Gasteiger partial charge is 0.455 e. The van der Waals surface area contributed by atoms with Crippen molar-refractivity contribution in [1.82, 2.24) is 15.3 Å². The maximum absolute atomic E-state index is 13.2. The molecule has 4 rings (SSSR count). The third-order valence-electron chi connectivity index (χ3n) is 5.34. The van der Waals surface area contributed by atoms with E-state index >= 15 is 0 Å². The minimum Gasteiger partial charge on any atom is -0.444 e. The van der Waals surface area contributed by atoms with Gasteiger partial charge in [0.05, 0.1) is 5.69 Å². The van der Waals surface area contributed by atoms with Crippen LogP contribution in [0.1, 0.15) is 39.6 Å². The number of rotatable bonds is 7. The molecule has 0 atom stereocenters. The number of Topliss-reactive ketones (excluding diaryl/α,β-unsaturated/α-hetero) is 1. The summed E-state index contributed by atoms with van der Waals surface area (Å²) in [5.41, 5.74) is 1.27. The summed E-state index contributed by atoms with van der Waals surface area (Å²) >= 11 is 0.606. The number of amides is 1. The number of hydrogen-bond acceptors (Lipinski definition) is 6. The molecular formula is C25H19F4N3O3S. The average Bonchev–Trinajstić information content (AvgIpc) is 3.53. The maximum Gasteiger partial charge on any atom is 0.455 e. The second kappa shape index (κ2) is 9.65. The lowest BCUT2D eigenvalue weighted by Crippen LogP contribution is -2.37. The fourth-order valence-electron chi connectivity index (χ4n) is 3.25. The van der Waals surface area contributed by atoms with Crippen molar-refractivity contribution in [3.8, 4) is 22.0 Å². The average molecular weight is 518 g/mol. The Balaban J connectivity index is 1.44. The molecule has 0 aliphatic carbocycles. The number of hydrogen-bond donors (Lipinski definition) is 1. The normalized spacial score (nSPS) is 11.9. The molecular weight excluding hydrogens is 498 g/mol. The predicted octanol–water partition coefficient (Wildman–Crippen LogP) is 6.06. The number of ketones is 1. The van der Waals surface area contributed by atoms with Gasteiger partial charge in [0.2, 0.25) is 5.89 Å². The number of benzene rings is 2. The van der Waals surface area contributed by atoms with Gasteiger partial charge in [-0.05, 0) is 36.4 Å². The van der Waals surface area contributed by atoms with Crippen LogP contribution in [-0.4, -0.2) is 34.4 Å². The van der Waals surface area contributed by atoms with Crippen molar-refractivity contribution >= 4 is 23.0 Å². The summed E-state index contributed by atoms with van der Waals surface area (Å²) in [6.45, 7) is 3.93. The van der Waals surface area contributed by atoms with Gasteiger partial charge in [0.1, 0.15) is 22.0 Å². The minimum atomic E-state index is -4.98. The Bertz CT molecular complexity index is 1410. The molecule has 2 heterocycles. The number of nitrogens with one attached hydrogen (secondary N) is 1. The fraction of sp³-hybridized carbons (Fsp3) is 0.200. The summed E-state index contributed by atoms with van der Waals surface area (Å²) in [6.07, 6.45) is -2.63.